The van der Waals surface area contributed by atoms with Gasteiger partial charge in [-0.2, -0.15) is 0 Å². The Hall–Kier alpha value is -3.55. The monoisotopic (exact) mass is 394 g/mol. The maximum Gasteiger partial charge on any atom is 0.271 e. The minimum atomic E-state index is -0.538. The minimum absolute atomic E-state index is 0.134. The zero-order valence-corrected chi connectivity index (χ0v) is 16.4. The first-order chi connectivity index (χ1) is 13.9. The van der Waals surface area contributed by atoms with Crippen LogP contribution in [0.4, 0.5) is 5.69 Å². The Bertz CT molecular complexity index is 1110. The van der Waals surface area contributed by atoms with Crippen molar-refractivity contribution in [2.75, 3.05) is 6.54 Å². The molecule has 0 atom stereocenters. The van der Waals surface area contributed by atoms with Gasteiger partial charge in [0.1, 0.15) is 6.54 Å². The fourth-order valence-corrected chi connectivity index (χ4v) is 3.09. The van der Waals surface area contributed by atoms with Crippen LogP contribution in [-0.2, 0) is 17.9 Å². The lowest BCUT2D eigenvalue weighted by molar-refractivity contribution is -0.384. The molecule has 29 heavy (non-hydrogen) atoms. The number of aryl methyl sites for hydroxylation is 1. The maximum absolute atomic E-state index is 12.9. The summed E-state index contributed by atoms with van der Waals surface area (Å²) >= 11 is 0. The molecule has 2 aromatic carbocycles. The molecule has 150 valence electrons. The van der Waals surface area contributed by atoms with Gasteiger partial charge in [-0.3, -0.25) is 24.3 Å². The lowest BCUT2D eigenvalue weighted by Crippen LogP contribution is -2.36. The third kappa shape index (κ3) is 4.66. The van der Waals surface area contributed by atoms with Crippen molar-refractivity contribution in [1.29, 1.82) is 0 Å². The molecular weight excluding hydrogens is 372 g/mol. The lowest BCUT2D eigenvalue weighted by atomic mass is 10.1. The fourth-order valence-electron chi connectivity index (χ4n) is 3.09. The molecule has 3 aromatic rings. The summed E-state index contributed by atoms with van der Waals surface area (Å²) in [5, 5.41) is 11.1. The SMILES string of the molecule is CCCN(Cc1ccc(C)cc1)C(=O)Cn1cnc2cc([N+](=O)[O-])ccc2c1=O. The second-order valence-corrected chi connectivity index (χ2v) is 6.94. The van der Waals surface area contributed by atoms with Crippen molar-refractivity contribution in [2.45, 2.75) is 33.4 Å². The molecule has 8 heteroatoms. The van der Waals surface area contributed by atoms with E-state index in [-0.39, 0.29) is 29.0 Å². The van der Waals surface area contributed by atoms with E-state index in [1.807, 2.05) is 38.1 Å². The Labute approximate surface area is 167 Å². The van der Waals surface area contributed by atoms with Crippen molar-refractivity contribution in [3.8, 4) is 0 Å². The van der Waals surface area contributed by atoms with Crippen LogP contribution in [0.2, 0.25) is 0 Å². The molecule has 1 amide bonds. The van der Waals surface area contributed by atoms with Crippen LogP contribution in [0.15, 0.2) is 53.6 Å². The zero-order valence-electron chi connectivity index (χ0n) is 16.4. The highest BCUT2D eigenvalue weighted by Crippen LogP contribution is 2.16. The average Bonchev–Trinajstić information content (AvgIpc) is 2.71. The van der Waals surface area contributed by atoms with Gasteiger partial charge in [0.05, 0.1) is 22.2 Å². The second kappa shape index (κ2) is 8.64. The summed E-state index contributed by atoms with van der Waals surface area (Å²) in [6.45, 7) is 4.91. The average molecular weight is 394 g/mol. The van der Waals surface area contributed by atoms with Crippen molar-refractivity contribution in [1.82, 2.24) is 14.5 Å². The Balaban J connectivity index is 1.83. The van der Waals surface area contributed by atoms with Crippen LogP contribution in [0.25, 0.3) is 10.9 Å². The smallest absolute Gasteiger partial charge is 0.271 e. The van der Waals surface area contributed by atoms with E-state index in [4.69, 9.17) is 0 Å². The third-order valence-electron chi connectivity index (χ3n) is 4.67. The zero-order chi connectivity index (χ0) is 21.0. The first kappa shape index (κ1) is 20.2. The fraction of sp³-hybridized carbons (Fsp3) is 0.286. The molecule has 0 aliphatic heterocycles. The number of carbonyl (C=O) groups excluding carboxylic acids is 1. The van der Waals surface area contributed by atoms with E-state index in [1.54, 1.807) is 4.90 Å². The normalized spacial score (nSPS) is 10.8. The van der Waals surface area contributed by atoms with Crippen LogP contribution in [-0.4, -0.2) is 31.8 Å². The summed E-state index contributed by atoms with van der Waals surface area (Å²) in [6, 6.07) is 11.9. The molecule has 0 fully saturated rings. The molecule has 0 spiro atoms. The molecular formula is C21H22N4O4. The van der Waals surface area contributed by atoms with Crippen molar-refractivity contribution >= 4 is 22.5 Å². The number of aromatic nitrogens is 2. The van der Waals surface area contributed by atoms with Gasteiger partial charge in [-0.1, -0.05) is 36.8 Å². The van der Waals surface area contributed by atoms with E-state index in [0.29, 0.717) is 13.1 Å². The number of non-ortho nitro benzene ring substituents is 1. The summed E-state index contributed by atoms with van der Waals surface area (Å²) in [4.78, 5) is 41.8. The second-order valence-electron chi connectivity index (χ2n) is 6.94. The molecule has 0 unspecified atom stereocenters. The number of carbonyl (C=O) groups is 1. The molecule has 0 radical (unpaired) electrons. The Morgan fingerprint density at radius 1 is 1.21 bits per heavy atom. The minimum Gasteiger partial charge on any atom is -0.337 e. The predicted molar refractivity (Wildman–Crippen MR) is 110 cm³/mol. The Morgan fingerprint density at radius 3 is 2.59 bits per heavy atom. The van der Waals surface area contributed by atoms with Crippen molar-refractivity contribution in [3.63, 3.8) is 0 Å². The van der Waals surface area contributed by atoms with E-state index in [9.17, 15) is 19.7 Å². The molecule has 3 rings (SSSR count). The summed E-state index contributed by atoms with van der Waals surface area (Å²) in [5.74, 6) is -0.183. The highest BCUT2D eigenvalue weighted by Gasteiger charge is 2.16. The van der Waals surface area contributed by atoms with E-state index in [1.165, 1.54) is 29.1 Å². The largest absolute Gasteiger partial charge is 0.337 e. The number of nitro benzene ring substituents is 1. The lowest BCUT2D eigenvalue weighted by Gasteiger charge is -2.23. The Morgan fingerprint density at radius 2 is 1.93 bits per heavy atom. The molecule has 0 aliphatic carbocycles. The topological polar surface area (TPSA) is 98.3 Å². The van der Waals surface area contributed by atoms with Crippen molar-refractivity contribution < 1.29 is 9.72 Å². The molecule has 0 bridgehead atoms. The van der Waals surface area contributed by atoms with Gasteiger partial charge in [0, 0.05) is 25.2 Å². The number of rotatable bonds is 7. The van der Waals surface area contributed by atoms with Gasteiger partial charge >= 0.3 is 0 Å². The number of fused-ring (bicyclic) bond motifs is 1. The van der Waals surface area contributed by atoms with Gasteiger partial charge in [0.2, 0.25) is 5.91 Å². The summed E-state index contributed by atoms with van der Waals surface area (Å²) in [5.41, 5.74) is 1.87. The van der Waals surface area contributed by atoms with E-state index < -0.39 is 10.5 Å². The molecule has 0 saturated carbocycles. The molecule has 0 saturated heterocycles. The molecule has 1 heterocycles. The summed E-state index contributed by atoms with van der Waals surface area (Å²) < 4.78 is 1.24. The van der Waals surface area contributed by atoms with Crippen LogP contribution in [0.3, 0.4) is 0 Å². The highest BCUT2D eigenvalue weighted by atomic mass is 16.6. The molecule has 8 nitrogen and oxygen atoms in total. The number of hydrogen-bond acceptors (Lipinski definition) is 5. The first-order valence-corrected chi connectivity index (χ1v) is 9.36. The molecule has 0 N–H and O–H groups in total. The van der Waals surface area contributed by atoms with Crippen molar-refractivity contribution in [3.05, 3.63) is 80.4 Å². The molecule has 1 aromatic heterocycles. The maximum atomic E-state index is 12.9. The quantitative estimate of drug-likeness (QED) is 0.453. The standard InChI is InChI=1S/C21H22N4O4/c1-3-10-23(12-16-6-4-15(2)5-7-16)20(26)13-24-14-22-19-11-17(25(28)29)8-9-18(19)21(24)27/h4-9,11,14H,3,10,12-13H2,1-2H3. The van der Waals surface area contributed by atoms with Gasteiger partial charge in [-0.25, -0.2) is 4.98 Å². The van der Waals surface area contributed by atoms with Gasteiger partial charge in [0.25, 0.3) is 11.2 Å². The highest BCUT2D eigenvalue weighted by molar-refractivity contribution is 5.80. The van der Waals surface area contributed by atoms with Gasteiger partial charge in [-0.05, 0) is 25.0 Å². The van der Waals surface area contributed by atoms with Crippen LogP contribution >= 0.6 is 0 Å². The number of nitro groups is 1. The number of amides is 1. The van der Waals surface area contributed by atoms with Crippen LogP contribution in [0.5, 0.6) is 0 Å². The van der Waals surface area contributed by atoms with Gasteiger partial charge in [-0.15, -0.1) is 0 Å². The van der Waals surface area contributed by atoms with E-state index in [0.717, 1.165) is 17.5 Å². The number of nitrogens with zero attached hydrogens (tertiary/aromatic N) is 4. The predicted octanol–water partition coefficient (Wildman–Crippen LogP) is 3.05. The van der Waals surface area contributed by atoms with Crippen LogP contribution in [0, 0.1) is 17.0 Å². The van der Waals surface area contributed by atoms with Crippen molar-refractivity contribution in [2.24, 2.45) is 0 Å². The van der Waals surface area contributed by atoms with E-state index >= 15 is 0 Å². The summed E-state index contributed by atoms with van der Waals surface area (Å²) in [6.07, 6.45) is 2.06. The van der Waals surface area contributed by atoms with Gasteiger partial charge in [0.15, 0.2) is 0 Å². The summed E-state index contributed by atoms with van der Waals surface area (Å²) in [7, 11) is 0. The third-order valence-corrected chi connectivity index (χ3v) is 4.67. The Kier molecular flexibility index (Phi) is 6.01. The number of benzene rings is 2. The van der Waals surface area contributed by atoms with Gasteiger partial charge < -0.3 is 4.90 Å². The van der Waals surface area contributed by atoms with Crippen LogP contribution in [0.1, 0.15) is 24.5 Å². The number of hydrogen-bond donors (Lipinski definition) is 0. The molecule has 0 aliphatic rings. The first-order valence-electron chi connectivity index (χ1n) is 9.36. The van der Waals surface area contributed by atoms with Crippen LogP contribution < -0.4 is 5.56 Å². The van der Waals surface area contributed by atoms with E-state index in [2.05, 4.69) is 4.98 Å².